The Bertz CT molecular complexity index is 506. The molecule has 1 aromatic rings. The number of aryl methyl sites for hydroxylation is 1. The second-order valence-corrected chi connectivity index (χ2v) is 4.21. The number of nitrogens with two attached hydrogens (primary N) is 1. The molecule has 1 heterocycles. The summed E-state index contributed by atoms with van der Waals surface area (Å²) in [5.74, 6) is -5.57. The monoisotopic (exact) mass is 320 g/mol. The van der Waals surface area contributed by atoms with Crippen LogP contribution < -0.4 is 5.73 Å². The lowest BCUT2D eigenvalue weighted by atomic mass is 10.2. The van der Waals surface area contributed by atoms with Crippen molar-refractivity contribution in [2.45, 2.75) is 37.9 Å². The van der Waals surface area contributed by atoms with Gasteiger partial charge < -0.3 is 5.73 Å². The number of hydrogen-bond acceptors (Lipinski definition) is 2. The standard InChI is InChI=1S/C10H11F7N4/c11-7(12)4-5-3-6(8(18)19)20-21(5)2-1-9(13,14)10(15,16)17/h3,7H,1-2,4H2,(H3,18,19). The van der Waals surface area contributed by atoms with Crippen molar-refractivity contribution in [2.75, 3.05) is 0 Å². The molecule has 0 aliphatic heterocycles. The highest BCUT2D eigenvalue weighted by Gasteiger charge is 2.56. The van der Waals surface area contributed by atoms with Gasteiger partial charge in [0.2, 0.25) is 6.43 Å². The topological polar surface area (TPSA) is 67.7 Å². The molecule has 4 nitrogen and oxygen atoms in total. The van der Waals surface area contributed by atoms with Gasteiger partial charge in [0, 0.05) is 18.7 Å². The van der Waals surface area contributed by atoms with Gasteiger partial charge in [-0.1, -0.05) is 0 Å². The Morgan fingerprint density at radius 2 is 1.86 bits per heavy atom. The maximum absolute atomic E-state index is 12.8. The second kappa shape index (κ2) is 5.90. The Morgan fingerprint density at radius 1 is 1.29 bits per heavy atom. The predicted molar refractivity (Wildman–Crippen MR) is 58.6 cm³/mol. The van der Waals surface area contributed by atoms with Crippen LogP contribution in [0.25, 0.3) is 0 Å². The van der Waals surface area contributed by atoms with Crippen molar-refractivity contribution >= 4 is 5.84 Å². The summed E-state index contributed by atoms with van der Waals surface area (Å²) in [6.07, 6.45) is -11.1. The molecule has 0 fully saturated rings. The first-order valence-electron chi connectivity index (χ1n) is 5.58. The highest BCUT2D eigenvalue weighted by atomic mass is 19.4. The van der Waals surface area contributed by atoms with Gasteiger partial charge in [-0.25, -0.2) is 8.78 Å². The predicted octanol–water partition coefficient (Wildman–Crippen LogP) is 2.56. The number of nitrogen functional groups attached to an aromatic ring is 1. The molecule has 3 N–H and O–H groups in total. The molecule has 0 spiro atoms. The molecule has 0 bridgehead atoms. The number of rotatable bonds is 6. The molecule has 0 atom stereocenters. The van der Waals surface area contributed by atoms with Crippen LogP contribution in [0, 0.1) is 5.41 Å². The van der Waals surface area contributed by atoms with Gasteiger partial charge >= 0.3 is 12.1 Å². The van der Waals surface area contributed by atoms with Crippen LogP contribution in [0.2, 0.25) is 0 Å². The lowest BCUT2D eigenvalue weighted by Crippen LogP contribution is -2.37. The summed E-state index contributed by atoms with van der Waals surface area (Å²) in [4.78, 5) is 0. The van der Waals surface area contributed by atoms with E-state index in [4.69, 9.17) is 11.1 Å². The van der Waals surface area contributed by atoms with Crippen molar-refractivity contribution in [3.8, 4) is 0 Å². The second-order valence-electron chi connectivity index (χ2n) is 4.21. The minimum Gasteiger partial charge on any atom is -0.382 e. The van der Waals surface area contributed by atoms with Crippen molar-refractivity contribution in [1.29, 1.82) is 5.41 Å². The Kier molecular flexibility index (Phi) is 4.84. The molecule has 21 heavy (non-hydrogen) atoms. The molecule has 0 aliphatic carbocycles. The fourth-order valence-electron chi connectivity index (χ4n) is 1.49. The van der Waals surface area contributed by atoms with Gasteiger partial charge in [-0.05, 0) is 6.07 Å². The van der Waals surface area contributed by atoms with Crippen LogP contribution in [-0.4, -0.2) is 34.1 Å². The molecule has 120 valence electrons. The van der Waals surface area contributed by atoms with Crippen LogP contribution in [0.4, 0.5) is 30.7 Å². The van der Waals surface area contributed by atoms with Crippen LogP contribution >= 0.6 is 0 Å². The summed E-state index contributed by atoms with van der Waals surface area (Å²) < 4.78 is 86.9. The third kappa shape index (κ3) is 4.33. The summed E-state index contributed by atoms with van der Waals surface area (Å²) in [7, 11) is 0. The largest absolute Gasteiger partial charge is 0.453 e. The first-order valence-corrected chi connectivity index (χ1v) is 5.58. The fraction of sp³-hybridized carbons (Fsp3) is 0.600. The number of hydrogen-bond donors (Lipinski definition) is 2. The van der Waals surface area contributed by atoms with Crippen LogP contribution in [0.1, 0.15) is 17.8 Å². The van der Waals surface area contributed by atoms with Gasteiger partial charge in [0.05, 0.1) is 6.42 Å². The Balaban J connectivity index is 2.94. The highest BCUT2D eigenvalue weighted by Crippen LogP contribution is 2.38. The molecule has 11 heteroatoms. The molecule has 0 aromatic carbocycles. The van der Waals surface area contributed by atoms with Gasteiger partial charge in [0.1, 0.15) is 11.5 Å². The molecule has 0 radical (unpaired) electrons. The number of nitrogens with one attached hydrogen (secondary N) is 1. The van der Waals surface area contributed by atoms with E-state index in [9.17, 15) is 30.7 Å². The number of nitrogens with zero attached hydrogens (tertiary/aromatic N) is 2. The van der Waals surface area contributed by atoms with Crippen LogP contribution in [0.3, 0.4) is 0 Å². The van der Waals surface area contributed by atoms with Crippen LogP contribution in [0.5, 0.6) is 0 Å². The van der Waals surface area contributed by atoms with Gasteiger partial charge in [-0.15, -0.1) is 0 Å². The van der Waals surface area contributed by atoms with Crippen molar-refractivity contribution in [1.82, 2.24) is 9.78 Å². The normalized spacial score (nSPS) is 13.0. The van der Waals surface area contributed by atoms with E-state index in [0.717, 1.165) is 6.07 Å². The van der Waals surface area contributed by atoms with Crippen molar-refractivity contribution in [3.63, 3.8) is 0 Å². The Morgan fingerprint density at radius 3 is 2.29 bits per heavy atom. The SMILES string of the molecule is N=C(N)c1cc(CC(F)F)n(CCC(F)(F)C(F)(F)F)n1. The molecule has 0 saturated carbocycles. The van der Waals surface area contributed by atoms with E-state index < -0.39 is 43.7 Å². The molecule has 1 rings (SSSR count). The summed E-state index contributed by atoms with van der Waals surface area (Å²) in [6, 6.07) is 0.959. The van der Waals surface area contributed by atoms with Gasteiger partial charge in [0.15, 0.2) is 0 Å². The van der Waals surface area contributed by atoms with E-state index in [-0.39, 0.29) is 11.4 Å². The molecular formula is C10H11F7N4. The molecular weight excluding hydrogens is 309 g/mol. The molecule has 0 amide bonds. The van der Waals surface area contributed by atoms with Crippen molar-refractivity contribution in [3.05, 3.63) is 17.5 Å². The van der Waals surface area contributed by atoms with E-state index in [1.54, 1.807) is 0 Å². The average molecular weight is 320 g/mol. The molecule has 0 saturated heterocycles. The van der Waals surface area contributed by atoms with Crippen LogP contribution in [-0.2, 0) is 13.0 Å². The minimum absolute atomic E-state index is 0.263. The van der Waals surface area contributed by atoms with E-state index in [1.165, 1.54) is 0 Å². The lowest BCUT2D eigenvalue weighted by molar-refractivity contribution is -0.285. The van der Waals surface area contributed by atoms with Crippen LogP contribution in [0.15, 0.2) is 6.07 Å². The summed E-state index contributed by atoms with van der Waals surface area (Å²) >= 11 is 0. The Hall–Kier alpha value is -1.81. The lowest BCUT2D eigenvalue weighted by Gasteiger charge is -2.19. The number of amidine groups is 1. The van der Waals surface area contributed by atoms with Crippen molar-refractivity contribution in [2.24, 2.45) is 5.73 Å². The fourth-order valence-corrected chi connectivity index (χ4v) is 1.49. The summed E-state index contributed by atoms with van der Waals surface area (Å²) in [5, 5.41) is 10.5. The number of alkyl halides is 7. The quantitative estimate of drug-likeness (QED) is 0.480. The summed E-state index contributed by atoms with van der Waals surface area (Å²) in [5.41, 5.74) is 4.54. The van der Waals surface area contributed by atoms with E-state index in [0.29, 0.717) is 4.68 Å². The smallest absolute Gasteiger partial charge is 0.382 e. The zero-order chi connectivity index (χ0) is 16.4. The first kappa shape index (κ1) is 17.2. The minimum atomic E-state index is -5.73. The zero-order valence-electron chi connectivity index (χ0n) is 10.4. The molecule has 1 aromatic heterocycles. The maximum Gasteiger partial charge on any atom is 0.453 e. The van der Waals surface area contributed by atoms with Gasteiger partial charge in [-0.3, -0.25) is 10.1 Å². The Labute approximate surface area is 114 Å². The first-order chi connectivity index (χ1) is 9.44. The number of aromatic nitrogens is 2. The summed E-state index contributed by atoms with van der Waals surface area (Å²) in [6.45, 7) is -0.929. The zero-order valence-corrected chi connectivity index (χ0v) is 10.4. The van der Waals surface area contributed by atoms with E-state index in [2.05, 4.69) is 5.10 Å². The third-order valence-corrected chi connectivity index (χ3v) is 2.56. The van der Waals surface area contributed by atoms with E-state index >= 15 is 0 Å². The van der Waals surface area contributed by atoms with E-state index in [1.807, 2.05) is 0 Å². The number of halogens is 7. The maximum atomic E-state index is 12.8. The van der Waals surface area contributed by atoms with Gasteiger partial charge in [-0.2, -0.15) is 27.1 Å². The highest BCUT2D eigenvalue weighted by molar-refractivity contribution is 5.93. The van der Waals surface area contributed by atoms with Crippen molar-refractivity contribution < 1.29 is 30.7 Å². The third-order valence-electron chi connectivity index (χ3n) is 2.56. The molecule has 0 aliphatic rings. The van der Waals surface area contributed by atoms with Gasteiger partial charge in [0.25, 0.3) is 0 Å². The molecule has 0 unspecified atom stereocenters. The average Bonchev–Trinajstić information content (AvgIpc) is 2.67.